The van der Waals surface area contributed by atoms with Gasteiger partial charge in [-0.15, -0.1) is 0 Å². The van der Waals surface area contributed by atoms with E-state index in [1.165, 1.54) is 12.1 Å². The van der Waals surface area contributed by atoms with Gasteiger partial charge >= 0.3 is 11.9 Å². The fourth-order valence-electron chi connectivity index (χ4n) is 1.67. The monoisotopic (exact) mass is 286 g/mol. The quantitative estimate of drug-likeness (QED) is 0.676. The van der Waals surface area contributed by atoms with Gasteiger partial charge in [0.1, 0.15) is 17.1 Å². The van der Waals surface area contributed by atoms with Gasteiger partial charge in [-0.05, 0) is 31.2 Å². The van der Waals surface area contributed by atoms with Gasteiger partial charge in [-0.1, -0.05) is 30.3 Å². The fraction of sp³-hybridized carbons (Fsp3) is 0.125. The van der Waals surface area contributed by atoms with Crippen molar-refractivity contribution in [3.8, 4) is 11.5 Å². The minimum Gasteiger partial charge on any atom is -0.479 e. The molecule has 0 radical (unpaired) electrons. The van der Waals surface area contributed by atoms with Crippen molar-refractivity contribution in [1.82, 2.24) is 0 Å². The second-order valence-electron chi connectivity index (χ2n) is 4.30. The van der Waals surface area contributed by atoms with E-state index in [0.717, 1.165) is 0 Å². The molecule has 0 saturated carbocycles. The average molecular weight is 286 g/mol. The normalized spacial score (nSPS) is 11.5. The van der Waals surface area contributed by atoms with Crippen LogP contribution < -0.4 is 9.47 Å². The molecule has 21 heavy (non-hydrogen) atoms. The van der Waals surface area contributed by atoms with Crippen molar-refractivity contribution in [2.75, 3.05) is 0 Å². The van der Waals surface area contributed by atoms with Gasteiger partial charge in [-0.25, -0.2) is 9.59 Å². The lowest BCUT2D eigenvalue weighted by molar-refractivity contribution is -0.141. The third-order valence-corrected chi connectivity index (χ3v) is 2.72. The molecular weight excluding hydrogens is 272 g/mol. The lowest BCUT2D eigenvalue weighted by atomic mass is 10.2. The second kappa shape index (κ2) is 6.56. The molecule has 0 heterocycles. The summed E-state index contributed by atoms with van der Waals surface area (Å²) in [5.74, 6) is -1.28. The van der Waals surface area contributed by atoms with E-state index in [2.05, 4.69) is 0 Å². The Balaban J connectivity index is 2.06. The summed E-state index contributed by atoms with van der Waals surface area (Å²) in [6.07, 6.45) is -0.853. The van der Waals surface area contributed by atoms with Crippen LogP contribution in [0.3, 0.4) is 0 Å². The molecule has 1 unspecified atom stereocenters. The lowest BCUT2D eigenvalue weighted by Gasteiger charge is -2.14. The minimum atomic E-state index is -1.16. The summed E-state index contributed by atoms with van der Waals surface area (Å²) >= 11 is 0. The Morgan fingerprint density at radius 1 is 1.00 bits per heavy atom. The summed E-state index contributed by atoms with van der Waals surface area (Å²) in [5, 5.41) is 9.03. The summed E-state index contributed by atoms with van der Waals surface area (Å²) < 4.78 is 10.5. The van der Waals surface area contributed by atoms with E-state index in [9.17, 15) is 9.59 Å². The van der Waals surface area contributed by atoms with E-state index in [1.807, 2.05) is 6.07 Å². The van der Waals surface area contributed by atoms with Crippen molar-refractivity contribution in [2.45, 2.75) is 13.0 Å². The molecule has 0 aliphatic rings. The van der Waals surface area contributed by atoms with E-state index in [4.69, 9.17) is 14.6 Å². The Bertz CT molecular complexity index is 636. The van der Waals surface area contributed by atoms with E-state index >= 15 is 0 Å². The van der Waals surface area contributed by atoms with Gasteiger partial charge < -0.3 is 14.6 Å². The van der Waals surface area contributed by atoms with Crippen LogP contribution in [0.5, 0.6) is 11.5 Å². The van der Waals surface area contributed by atoms with Crippen molar-refractivity contribution in [1.29, 1.82) is 0 Å². The molecule has 108 valence electrons. The molecule has 5 nitrogen and oxygen atoms in total. The molecule has 1 atom stereocenters. The molecule has 0 bridgehead atoms. The number of ether oxygens (including phenoxy) is 2. The first-order valence-corrected chi connectivity index (χ1v) is 6.33. The van der Waals surface area contributed by atoms with Gasteiger partial charge in [0.05, 0.1) is 0 Å². The van der Waals surface area contributed by atoms with Crippen molar-refractivity contribution in [3.05, 3.63) is 60.2 Å². The van der Waals surface area contributed by atoms with Gasteiger partial charge in [-0.3, -0.25) is 0 Å². The van der Waals surface area contributed by atoms with Crippen LogP contribution in [0.15, 0.2) is 54.6 Å². The standard InChI is InChI=1S/C16H14O5/c1-11(20-12-7-3-2-4-8-12)16(19)21-14-10-6-5-9-13(14)15(17)18/h2-11H,1H3,(H,17,18). The predicted molar refractivity (Wildman–Crippen MR) is 75.6 cm³/mol. The van der Waals surface area contributed by atoms with E-state index in [1.54, 1.807) is 43.3 Å². The highest BCUT2D eigenvalue weighted by Gasteiger charge is 2.20. The molecule has 0 saturated heterocycles. The van der Waals surface area contributed by atoms with Crippen LogP contribution in [0, 0.1) is 0 Å². The van der Waals surface area contributed by atoms with Crippen LogP contribution in [0.2, 0.25) is 0 Å². The number of hydrogen-bond donors (Lipinski definition) is 1. The smallest absolute Gasteiger partial charge is 0.352 e. The molecule has 2 aromatic carbocycles. The molecule has 0 aromatic heterocycles. The fourth-order valence-corrected chi connectivity index (χ4v) is 1.67. The van der Waals surface area contributed by atoms with Crippen molar-refractivity contribution in [2.24, 2.45) is 0 Å². The highest BCUT2D eigenvalue weighted by Crippen LogP contribution is 2.19. The second-order valence-corrected chi connectivity index (χ2v) is 4.30. The first kappa shape index (κ1) is 14.6. The molecule has 0 amide bonds. The van der Waals surface area contributed by atoms with E-state index < -0.39 is 18.0 Å². The van der Waals surface area contributed by atoms with E-state index in [0.29, 0.717) is 5.75 Å². The molecule has 2 aromatic rings. The minimum absolute atomic E-state index is 0.00138. The number of carboxylic acids is 1. The maximum absolute atomic E-state index is 12.0. The number of esters is 1. The zero-order chi connectivity index (χ0) is 15.2. The van der Waals surface area contributed by atoms with Crippen LogP contribution in [0.4, 0.5) is 0 Å². The number of carboxylic acid groups (broad SMARTS) is 1. The summed E-state index contributed by atoms with van der Waals surface area (Å²) in [7, 11) is 0. The number of carbonyl (C=O) groups is 2. The van der Waals surface area contributed by atoms with Crippen LogP contribution in [0.25, 0.3) is 0 Å². The maximum atomic E-state index is 12.0. The number of aromatic carboxylic acids is 1. The van der Waals surface area contributed by atoms with Gasteiger partial charge in [0.2, 0.25) is 0 Å². The van der Waals surface area contributed by atoms with Crippen molar-refractivity contribution < 1.29 is 24.2 Å². The molecule has 2 rings (SSSR count). The topological polar surface area (TPSA) is 72.8 Å². The maximum Gasteiger partial charge on any atom is 0.352 e. The molecule has 5 heteroatoms. The van der Waals surface area contributed by atoms with Crippen LogP contribution >= 0.6 is 0 Å². The van der Waals surface area contributed by atoms with Gasteiger partial charge in [0, 0.05) is 0 Å². The Kier molecular flexibility index (Phi) is 4.56. The van der Waals surface area contributed by atoms with Gasteiger partial charge in [0.15, 0.2) is 6.10 Å². The summed E-state index contributed by atoms with van der Waals surface area (Å²) in [4.78, 5) is 23.0. The van der Waals surface area contributed by atoms with Crippen LogP contribution in [0.1, 0.15) is 17.3 Å². The number of benzene rings is 2. The molecular formula is C16H14O5. The van der Waals surface area contributed by atoms with Gasteiger partial charge in [0.25, 0.3) is 0 Å². The van der Waals surface area contributed by atoms with E-state index in [-0.39, 0.29) is 11.3 Å². The highest BCUT2D eigenvalue weighted by molar-refractivity contribution is 5.92. The number of carbonyl (C=O) groups excluding carboxylic acids is 1. The third kappa shape index (κ3) is 3.82. The van der Waals surface area contributed by atoms with Crippen molar-refractivity contribution >= 4 is 11.9 Å². The Labute approximate surface area is 121 Å². The summed E-state index contributed by atoms with van der Waals surface area (Å²) in [6, 6.07) is 14.8. The average Bonchev–Trinajstić information content (AvgIpc) is 2.48. The molecule has 1 N–H and O–H groups in total. The number of rotatable bonds is 5. The summed E-state index contributed by atoms with van der Waals surface area (Å²) in [6.45, 7) is 1.54. The first-order chi connectivity index (χ1) is 10.1. The summed E-state index contributed by atoms with van der Waals surface area (Å²) in [5.41, 5.74) is -0.0715. The molecule has 0 aliphatic heterocycles. The Hall–Kier alpha value is -2.82. The Morgan fingerprint density at radius 3 is 2.29 bits per heavy atom. The Morgan fingerprint density at radius 2 is 1.62 bits per heavy atom. The number of para-hydroxylation sites is 2. The zero-order valence-corrected chi connectivity index (χ0v) is 11.4. The molecule has 0 fully saturated rings. The van der Waals surface area contributed by atoms with Crippen LogP contribution in [-0.4, -0.2) is 23.1 Å². The van der Waals surface area contributed by atoms with Crippen molar-refractivity contribution in [3.63, 3.8) is 0 Å². The molecule has 0 spiro atoms. The zero-order valence-electron chi connectivity index (χ0n) is 11.4. The first-order valence-electron chi connectivity index (χ1n) is 6.33. The highest BCUT2D eigenvalue weighted by atomic mass is 16.6. The molecule has 0 aliphatic carbocycles. The largest absolute Gasteiger partial charge is 0.479 e. The SMILES string of the molecule is CC(Oc1ccccc1)C(=O)Oc1ccccc1C(=O)O. The lowest BCUT2D eigenvalue weighted by Crippen LogP contribution is -2.28. The predicted octanol–water partition coefficient (Wildman–Crippen LogP) is 2.76. The van der Waals surface area contributed by atoms with Crippen LogP contribution in [-0.2, 0) is 4.79 Å². The third-order valence-electron chi connectivity index (χ3n) is 2.72. The van der Waals surface area contributed by atoms with Gasteiger partial charge in [-0.2, -0.15) is 0 Å². The number of hydrogen-bond acceptors (Lipinski definition) is 4.